The molecular formula is C20H46O6P2. The molecule has 0 aromatic carbocycles. The van der Waals surface area contributed by atoms with Crippen LogP contribution in [0.1, 0.15) is 117 Å². The van der Waals surface area contributed by atoms with Crippen LogP contribution in [0.4, 0.5) is 0 Å². The van der Waals surface area contributed by atoms with Crippen molar-refractivity contribution in [2.75, 3.05) is 13.2 Å². The molecule has 0 heterocycles. The molecule has 0 rings (SSSR count). The minimum atomic E-state index is -2.62. The molecule has 4 N–H and O–H groups in total. The van der Waals surface area contributed by atoms with Gasteiger partial charge in [-0.15, -0.1) is 0 Å². The Morgan fingerprint density at radius 2 is 0.714 bits per heavy atom. The zero-order valence-electron chi connectivity index (χ0n) is 18.2. The van der Waals surface area contributed by atoms with Crippen molar-refractivity contribution in [2.45, 2.75) is 117 Å². The molecule has 0 aliphatic carbocycles. The van der Waals surface area contributed by atoms with Gasteiger partial charge in [0.2, 0.25) is 0 Å². The van der Waals surface area contributed by atoms with Crippen LogP contribution in [0.25, 0.3) is 0 Å². The highest BCUT2D eigenvalue weighted by Crippen LogP contribution is 2.33. The van der Waals surface area contributed by atoms with Crippen molar-refractivity contribution in [2.24, 2.45) is 0 Å². The number of hydrogen-bond acceptors (Lipinski definition) is 6. The maximum Gasteiger partial charge on any atom is 0.329 e. The van der Waals surface area contributed by atoms with Gasteiger partial charge in [-0.1, -0.05) is 104 Å². The fraction of sp³-hybridized carbons (Fsp3) is 1.00. The van der Waals surface area contributed by atoms with E-state index in [0.29, 0.717) is 13.2 Å². The van der Waals surface area contributed by atoms with Crippen molar-refractivity contribution >= 4 is 17.2 Å². The molecule has 0 spiro atoms. The molecule has 0 bridgehead atoms. The summed E-state index contributed by atoms with van der Waals surface area (Å²) < 4.78 is 10.7. The Balaban J connectivity index is 0. The van der Waals surface area contributed by atoms with Crippen LogP contribution < -0.4 is 0 Å². The SMILES string of the molecule is CCCCCCCCCCOP(O)OCCCCCCCCCC.OP(O)O. The summed E-state index contributed by atoms with van der Waals surface area (Å²) in [7, 11) is -4.27. The Hall–Kier alpha value is 0.620. The molecule has 0 unspecified atom stereocenters. The van der Waals surface area contributed by atoms with Crippen LogP contribution in [-0.2, 0) is 9.05 Å². The molecule has 0 saturated carbocycles. The molecule has 0 fully saturated rings. The highest BCUT2D eigenvalue weighted by Gasteiger charge is 2.05. The second-order valence-corrected chi connectivity index (χ2v) is 8.65. The Kier molecular flexibility index (Phi) is 30.4. The van der Waals surface area contributed by atoms with Gasteiger partial charge in [0, 0.05) is 0 Å². The first-order chi connectivity index (χ1) is 13.5. The zero-order valence-corrected chi connectivity index (χ0v) is 20.0. The highest BCUT2D eigenvalue weighted by molar-refractivity contribution is 7.40. The van der Waals surface area contributed by atoms with Crippen LogP contribution in [0, 0.1) is 0 Å². The van der Waals surface area contributed by atoms with E-state index in [1.807, 2.05) is 0 Å². The summed E-state index contributed by atoms with van der Waals surface area (Å²) >= 11 is 0. The van der Waals surface area contributed by atoms with Gasteiger partial charge in [0.15, 0.2) is 0 Å². The van der Waals surface area contributed by atoms with Crippen LogP contribution in [0.5, 0.6) is 0 Å². The first kappa shape index (κ1) is 30.8. The highest BCUT2D eigenvalue weighted by atomic mass is 31.2. The fourth-order valence-corrected chi connectivity index (χ4v) is 3.44. The van der Waals surface area contributed by atoms with Gasteiger partial charge in [-0.25, -0.2) is 0 Å². The van der Waals surface area contributed by atoms with Crippen LogP contribution in [0.2, 0.25) is 0 Å². The van der Waals surface area contributed by atoms with Gasteiger partial charge >= 0.3 is 17.2 Å². The predicted molar refractivity (Wildman–Crippen MR) is 120 cm³/mol. The van der Waals surface area contributed by atoms with Gasteiger partial charge in [0.25, 0.3) is 0 Å². The van der Waals surface area contributed by atoms with E-state index in [2.05, 4.69) is 13.8 Å². The van der Waals surface area contributed by atoms with Crippen molar-refractivity contribution in [3.05, 3.63) is 0 Å². The van der Waals surface area contributed by atoms with Crippen LogP contribution in [0.15, 0.2) is 0 Å². The quantitative estimate of drug-likeness (QED) is 0.123. The standard InChI is InChI=1S/C20H43O3P.H3O3P/c1-3-5-7-9-11-13-15-17-19-22-24(21)23-20-18-16-14-12-10-8-6-4-2;1-4(2)3/h21H,3-20H2,1-2H3;1-3H. The van der Waals surface area contributed by atoms with E-state index in [4.69, 9.17) is 23.7 Å². The summed E-state index contributed by atoms with van der Waals surface area (Å²) in [6, 6.07) is 0. The van der Waals surface area contributed by atoms with Crippen molar-refractivity contribution in [1.29, 1.82) is 0 Å². The minimum absolute atomic E-state index is 0.634. The topological polar surface area (TPSA) is 99.4 Å². The third-order valence-electron chi connectivity index (χ3n) is 4.40. The molecule has 0 aromatic rings. The van der Waals surface area contributed by atoms with Crippen LogP contribution in [-0.4, -0.2) is 32.8 Å². The van der Waals surface area contributed by atoms with Crippen molar-refractivity contribution in [3.8, 4) is 0 Å². The first-order valence-corrected chi connectivity index (χ1v) is 13.5. The molecule has 172 valence electrons. The van der Waals surface area contributed by atoms with E-state index >= 15 is 0 Å². The molecule has 0 saturated heterocycles. The summed E-state index contributed by atoms with van der Waals surface area (Å²) in [6.07, 6.45) is 20.6. The Morgan fingerprint density at radius 1 is 0.464 bits per heavy atom. The van der Waals surface area contributed by atoms with Gasteiger partial charge in [-0.05, 0) is 12.8 Å². The average molecular weight is 445 g/mol. The Bertz CT molecular complexity index is 248. The molecule has 6 nitrogen and oxygen atoms in total. The predicted octanol–water partition coefficient (Wildman–Crippen LogP) is 6.71. The molecule has 8 heteroatoms. The Labute approximate surface area is 176 Å². The third kappa shape index (κ3) is 34.1. The van der Waals surface area contributed by atoms with E-state index in [-0.39, 0.29) is 0 Å². The number of rotatable bonds is 20. The van der Waals surface area contributed by atoms with E-state index in [1.165, 1.54) is 89.9 Å². The first-order valence-electron chi connectivity index (χ1n) is 11.2. The lowest BCUT2D eigenvalue weighted by molar-refractivity contribution is 0.193. The molecule has 0 aliphatic rings. The molecule has 0 amide bonds. The van der Waals surface area contributed by atoms with Gasteiger partial charge in [-0.2, -0.15) is 0 Å². The van der Waals surface area contributed by atoms with E-state index in [9.17, 15) is 4.89 Å². The second-order valence-electron chi connectivity index (χ2n) is 7.12. The van der Waals surface area contributed by atoms with Gasteiger partial charge < -0.3 is 28.6 Å². The summed E-state index contributed by atoms with van der Waals surface area (Å²) in [5.41, 5.74) is 0. The lowest BCUT2D eigenvalue weighted by Gasteiger charge is -2.10. The monoisotopic (exact) mass is 444 g/mol. The lowest BCUT2D eigenvalue weighted by atomic mass is 10.1. The molecule has 0 atom stereocenters. The second kappa shape index (κ2) is 27.6. The van der Waals surface area contributed by atoms with Crippen LogP contribution >= 0.6 is 17.2 Å². The average Bonchev–Trinajstić information content (AvgIpc) is 2.65. The zero-order chi connectivity index (χ0) is 21.3. The van der Waals surface area contributed by atoms with E-state index in [1.54, 1.807) is 0 Å². The third-order valence-corrected chi connectivity index (χ3v) is 5.21. The number of hydrogen-bond donors (Lipinski definition) is 4. The van der Waals surface area contributed by atoms with Crippen LogP contribution in [0.3, 0.4) is 0 Å². The summed E-state index contributed by atoms with van der Waals surface area (Å²) in [5, 5.41) is 0. The molecular weight excluding hydrogens is 398 g/mol. The summed E-state index contributed by atoms with van der Waals surface area (Å²) in [4.78, 5) is 31.4. The molecule has 0 radical (unpaired) electrons. The molecule has 0 aliphatic heterocycles. The van der Waals surface area contributed by atoms with E-state index < -0.39 is 17.2 Å². The Morgan fingerprint density at radius 3 is 1.00 bits per heavy atom. The van der Waals surface area contributed by atoms with Crippen molar-refractivity contribution in [1.82, 2.24) is 0 Å². The largest absolute Gasteiger partial charge is 0.329 e. The minimum Gasteiger partial charge on any atom is -0.328 e. The summed E-state index contributed by atoms with van der Waals surface area (Å²) in [6.45, 7) is 5.77. The smallest absolute Gasteiger partial charge is 0.328 e. The number of unbranched alkanes of at least 4 members (excludes halogenated alkanes) is 14. The maximum atomic E-state index is 9.67. The maximum absolute atomic E-state index is 9.67. The fourth-order valence-electron chi connectivity index (χ4n) is 2.79. The summed E-state index contributed by atoms with van der Waals surface area (Å²) in [5.74, 6) is 0. The van der Waals surface area contributed by atoms with Gasteiger partial charge in [0.1, 0.15) is 0 Å². The van der Waals surface area contributed by atoms with Gasteiger partial charge in [0.05, 0.1) is 13.2 Å². The van der Waals surface area contributed by atoms with Gasteiger partial charge in [-0.3, -0.25) is 0 Å². The van der Waals surface area contributed by atoms with Crippen molar-refractivity contribution < 1.29 is 28.6 Å². The lowest BCUT2D eigenvalue weighted by Crippen LogP contribution is -1.95. The van der Waals surface area contributed by atoms with E-state index in [0.717, 1.165) is 12.8 Å². The normalized spacial score (nSPS) is 11.1. The van der Waals surface area contributed by atoms with Crippen molar-refractivity contribution in [3.63, 3.8) is 0 Å². The molecule has 28 heavy (non-hydrogen) atoms. The molecule has 0 aromatic heterocycles.